The summed E-state index contributed by atoms with van der Waals surface area (Å²) in [5.41, 5.74) is 2.55. The summed E-state index contributed by atoms with van der Waals surface area (Å²) in [4.78, 5) is 0. The molecule has 0 bridgehead atoms. The van der Waals surface area contributed by atoms with Crippen LogP contribution in [0.4, 0.5) is 0 Å². The standard InChI is InChI=1S/C13H20O/c1-9(2)13(11(4)14)12-8-6-5-7-10(12)3/h5-9,11,13-14H,1-4H3. The van der Waals surface area contributed by atoms with Gasteiger partial charge in [-0.3, -0.25) is 0 Å². The lowest BCUT2D eigenvalue weighted by molar-refractivity contribution is 0.140. The van der Waals surface area contributed by atoms with E-state index in [1.807, 2.05) is 19.1 Å². The molecule has 1 heteroatoms. The molecule has 0 amide bonds. The highest BCUT2D eigenvalue weighted by Gasteiger charge is 2.21. The van der Waals surface area contributed by atoms with Crippen LogP contribution < -0.4 is 0 Å². The van der Waals surface area contributed by atoms with Gasteiger partial charge in [-0.15, -0.1) is 0 Å². The van der Waals surface area contributed by atoms with E-state index in [1.165, 1.54) is 11.1 Å². The minimum Gasteiger partial charge on any atom is -0.393 e. The molecule has 0 spiro atoms. The second kappa shape index (κ2) is 4.61. The summed E-state index contributed by atoms with van der Waals surface area (Å²) in [6.45, 7) is 8.29. The van der Waals surface area contributed by atoms with Crippen molar-refractivity contribution in [1.29, 1.82) is 0 Å². The van der Waals surface area contributed by atoms with E-state index in [9.17, 15) is 5.11 Å². The van der Waals surface area contributed by atoms with Crippen LogP contribution in [0.15, 0.2) is 24.3 Å². The smallest absolute Gasteiger partial charge is 0.0583 e. The lowest BCUT2D eigenvalue weighted by Crippen LogP contribution is -2.20. The van der Waals surface area contributed by atoms with Crippen LogP contribution in [0.2, 0.25) is 0 Å². The van der Waals surface area contributed by atoms with Gasteiger partial charge in [0.2, 0.25) is 0 Å². The van der Waals surface area contributed by atoms with Crippen LogP contribution in [0.5, 0.6) is 0 Å². The minimum absolute atomic E-state index is 0.246. The molecule has 0 aromatic heterocycles. The Morgan fingerprint density at radius 1 is 1.07 bits per heavy atom. The maximum atomic E-state index is 9.76. The quantitative estimate of drug-likeness (QED) is 0.780. The third kappa shape index (κ3) is 2.36. The van der Waals surface area contributed by atoms with Crippen LogP contribution in [0.25, 0.3) is 0 Å². The summed E-state index contributed by atoms with van der Waals surface area (Å²) in [6.07, 6.45) is -0.281. The second-order valence-electron chi connectivity index (χ2n) is 4.37. The van der Waals surface area contributed by atoms with Crippen molar-refractivity contribution < 1.29 is 5.11 Å². The molecule has 0 radical (unpaired) electrons. The zero-order valence-electron chi connectivity index (χ0n) is 9.49. The molecule has 0 aliphatic heterocycles. The van der Waals surface area contributed by atoms with Crippen LogP contribution >= 0.6 is 0 Å². The van der Waals surface area contributed by atoms with Crippen molar-refractivity contribution in [3.05, 3.63) is 35.4 Å². The van der Waals surface area contributed by atoms with Gasteiger partial charge in [-0.2, -0.15) is 0 Å². The number of benzene rings is 1. The van der Waals surface area contributed by atoms with Crippen LogP contribution in [0.1, 0.15) is 37.8 Å². The van der Waals surface area contributed by atoms with Crippen LogP contribution in [0, 0.1) is 12.8 Å². The molecule has 0 heterocycles. The zero-order valence-corrected chi connectivity index (χ0v) is 9.49. The van der Waals surface area contributed by atoms with Crippen LogP contribution in [-0.4, -0.2) is 11.2 Å². The fourth-order valence-corrected chi connectivity index (χ4v) is 2.14. The molecule has 2 unspecified atom stereocenters. The predicted octanol–water partition coefficient (Wildman–Crippen LogP) is 3.12. The fraction of sp³-hybridized carbons (Fsp3) is 0.538. The molecule has 14 heavy (non-hydrogen) atoms. The Bertz CT molecular complexity index is 281. The Balaban J connectivity index is 3.05. The average Bonchev–Trinajstić information content (AvgIpc) is 2.07. The summed E-state index contributed by atoms with van der Waals surface area (Å²) in [7, 11) is 0. The molecular formula is C13H20O. The normalized spacial score (nSPS) is 15.6. The van der Waals surface area contributed by atoms with E-state index in [0.29, 0.717) is 5.92 Å². The SMILES string of the molecule is Cc1ccccc1C(C(C)C)C(C)O. The number of aliphatic hydroxyl groups excluding tert-OH is 1. The summed E-state index contributed by atoms with van der Waals surface area (Å²) in [5, 5.41) is 9.76. The molecule has 0 saturated carbocycles. The molecule has 0 fully saturated rings. The van der Waals surface area contributed by atoms with Crippen molar-refractivity contribution in [3.63, 3.8) is 0 Å². The average molecular weight is 192 g/mol. The number of hydrogen-bond donors (Lipinski definition) is 1. The third-order valence-electron chi connectivity index (χ3n) is 2.79. The van der Waals surface area contributed by atoms with E-state index in [0.717, 1.165) is 0 Å². The zero-order chi connectivity index (χ0) is 10.7. The molecular weight excluding hydrogens is 172 g/mol. The Kier molecular flexibility index (Phi) is 3.70. The monoisotopic (exact) mass is 192 g/mol. The highest BCUT2D eigenvalue weighted by Crippen LogP contribution is 2.29. The minimum atomic E-state index is -0.281. The molecule has 0 aliphatic carbocycles. The van der Waals surface area contributed by atoms with E-state index in [2.05, 4.69) is 32.9 Å². The van der Waals surface area contributed by atoms with Gasteiger partial charge in [-0.25, -0.2) is 0 Å². The number of rotatable bonds is 3. The van der Waals surface area contributed by atoms with E-state index in [1.54, 1.807) is 0 Å². The van der Waals surface area contributed by atoms with E-state index in [-0.39, 0.29) is 12.0 Å². The first-order valence-corrected chi connectivity index (χ1v) is 5.27. The van der Waals surface area contributed by atoms with Crippen molar-refractivity contribution in [2.45, 2.75) is 39.7 Å². The summed E-state index contributed by atoms with van der Waals surface area (Å²) >= 11 is 0. The van der Waals surface area contributed by atoms with Crippen LogP contribution in [0.3, 0.4) is 0 Å². The largest absolute Gasteiger partial charge is 0.393 e. The van der Waals surface area contributed by atoms with Gasteiger partial charge >= 0.3 is 0 Å². The molecule has 1 N–H and O–H groups in total. The lowest BCUT2D eigenvalue weighted by atomic mass is 9.82. The van der Waals surface area contributed by atoms with Gasteiger partial charge in [-0.05, 0) is 30.9 Å². The number of aliphatic hydroxyl groups is 1. The maximum absolute atomic E-state index is 9.76. The Morgan fingerprint density at radius 2 is 1.64 bits per heavy atom. The van der Waals surface area contributed by atoms with E-state index in [4.69, 9.17) is 0 Å². The number of hydrogen-bond acceptors (Lipinski definition) is 1. The molecule has 1 rings (SSSR count). The van der Waals surface area contributed by atoms with Gasteiger partial charge in [0, 0.05) is 5.92 Å². The fourth-order valence-electron chi connectivity index (χ4n) is 2.14. The summed E-state index contributed by atoms with van der Waals surface area (Å²) < 4.78 is 0. The van der Waals surface area contributed by atoms with Gasteiger partial charge in [-0.1, -0.05) is 38.1 Å². The topological polar surface area (TPSA) is 20.2 Å². The molecule has 1 aromatic rings. The number of aryl methyl sites for hydroxylation is 1. The first kappa shape index (κ1) is 11.3. The van der Waals surface area contributed by atoms with Gasteiger partial charge in [0.1, 0.15) is 0 Å². The Hall–Kier alpha value is -0.820. The van der Waals surface area contributed by atoms with E-state index < -0.39 is 0 Å². The second-order valence-corrected chi connectivity index (χ2v) is 4.37. The summed E-state index contributed by atoms with van der Waals surface area (Å²) in [6, 6.07) is 8.30. The highest BCUT2D eigenvalue weighted by atomic mass is 16.3. The highest BCUT2D eigenvalue weighted by molar-refractivity contribution is 5.30. The molecule has 1 aromatic carbocycles. The van der Waals surface area contributed by atoms with Gasteiger partial charge < -0.3 is 5.11 Å². The van der Waals surface area contributed by atoms with Crippen molar-refractivity contribution in [1.82, 2.24) is 0 Å². The van der Waals surface area contributed by atoms with Gasteiger partial charge in [0.15, 0.2) is 0 Å². The van der Waals surface area contributed by atoms with Crippen LogP contribution in [-0.2, 0) is 0 Å². The maximum Gasteiger partial charge on any atom is 0.0583 e. The Morgan fingerprint density at radius 3 is 2.07 bits per heavy atom. The molecule has 78 valence electrons. The predicted molar refractivity (Wildman–Crippen MR) is 60.4 cm³/mol. The van der Waals surface area contributed by atoms with Gasteiger partial charge in [0.05, 0.1) is 6.10 Å². The van der Waals surface area contributed by atoms with Gasteiger partial charge in [0.25, 0.3) is 0 Å². The molecule has 1 nitrogen and oxygen atoms in total. The first-order chi connectivity index (χ1) is 6.54. The Labute approximate surface area is 86.8 Å². The van der Waals surface area contributed by atoms with Crippen molar-refractivity contribution in [2.75, 3.05) is 0 Å². The molecule has 2 atom stereocenters. The van der Waals surface area contributed by atoms with Crippen molar-refractivity contribution in [2.24, 2.45) is 5.92 Å². The van der Waals surface area contributed by atoms with Crippen molar-refractivity contribution in [3.8, 4) is 0 Å². The molecule has 0 aliphatic rings. The lowest BCUT2D eigenvalue weighted by Gasteiger charge is -2.25. The van der Waals surface area contributed by atoms with E-state index >= 15 is 0 Å². The summed E-state index contributed by atoms with van der Waals surface area (Å²) in [5.74, 6) is 0.715. The molecule has 0 saturated heterocycles. The van der Waals surface area contributed by atoms with Crippen molar-refractivity contribution >= 4 is 0 Å². The third-order valence-corrected chi connectivity index (χ3v) is 2.79. The first-order valence-electron chi connectivity index (χ1n) is 5.27.